The van der Waals surface area contributed by atoms with Crippen molar-refractivity contribution < 1.29 is 19.1 Å². The molecule has 0 spiro atoms. The molecule has 1 saturated heterocycles. The van der Waals surface area contributed by atoms with E-state index in [1.54, 1.807) is 42.3 Å². The summed E-state index contributed by atoms with van der Waals surface area (Å²) in [6, 6.07) is 18.0. The average molecular weight is 451 g/mol. The third-order valence-corrected chi connectivity index (χ3v) is 5.91. The second-order valence-electron chi connectivity index (χ2n) is 7.72. The number of nitrogens with zero attached hydrogens (tertiary/aromatic N) is 1. The van der Waals surface area contributed by atoms with Gasteiger partial charge in [-0.05, 0) is 54.4 Å². The van der Waals surface area contributed by atoms with Crippen LogP contribution in [0.4, 0.5) is 5.69 Å². The Morgan fingerprint density at radius 3 is 2.62 bits per heavy atom. The fourth-order valence-corrected chi connectivity index (χ4v) is 4.04. The number of anilines is 1. The monoisotopic (exact) mass is 450 g/mol. The van der Waals surface area contributed by atoms with E-state index < -0.39 is 5.91 Å². The number of primary amides is 1. The van der Waals surface area contributed by atoms with E-state index in [-0.39, 0.29) is 11.8 Å². The summed E-state index contributed by atoms with van der Waals surface area (Å²) < 4.78 is 11.6. The van der Waals surface area contributed by atoms with Gasteiger partial charge in [-0.3, -0.25) is 9.59 Å². The molecule has 1 aliphatic rings. The summed E-state index contributed by atoms with van der Waals surface area (Å²) in [6.45, 7) is 2.42. The van der Waals surface area contributed by atoms with E-state index >= 15 is 0 Å². The molecule has 7 heteroatoms. The molecule has 1 fully saturated rings. The molecule has 4 rings (SSSR count). The first-order chi connectivity index (χ1) is 15.4. The Bertz CT molecular complexity index is 1190. The Hall–Kier alpha value is -3.51. The van der Waals surface area contributed by atoms with Gasteiger partial charge in [-0.1, -0.05) is 35.9 Å². The highest BCUT2D eigenvalue weighted by atomic mass is 35.5. The van der Waals surface area contributed by atoms with Crippen LogP contribution < -0.4 is 20.1 Å². The van der Waals surface area contributed by atoms with Crippen molar-refractivity contribution in [2.75, 3.05) is 18.6 Å². The summed E-state index contributed by atoms with van der Waals surface area (Å²) in [5, 5.41) is 0.467. The van der Waals surface area contributed by atoms with Gasteiger partial charge in [0, 0.05) is 30.1 Å². The number of para-hydroxylation sites is 1. The average Bonchev–Trinajstić information content (AvgIpc) is 3.18. The quantitative estimate of drug-likeness (QED) is 0.568. The summed E-state index contributed by atoms with van der Waals surface area (Å²) in [5.41, 5.74) is 8.27. The lowest BCUT2D eigenvalue weighted by Gasteiger charge is -2.18. The van der Waals surface area contributed by atoms with Gasteiger partial charge < -0.3 is 20.1 Å². The largest absolute Gasteiger partial charge is 0.493 e. The van der Waals surface area contributed by atoms with E-state index in [1.807, 2.05) is 37.3 Å². The highest BCUT2D eigenvalue weighted by molar-refractivity contribution is 6.32. The summed E-state index contributed by atoms with van der Waals surface area (Å²) in [4.78, 5) is 25.9. The van der Waals surface area contributed by atoms with Crippen LogP contribution >= 0.6 is 11.6 Å². The van der Waals surface area contributed by atoms with Crippen molar-refractivity contribution in [1.29, 1.82) is 0 Å². The van der Waals surface area contributed by atoms with Crippen molar-refractivity contribution in [3.63, 3.8) is 0 Å². The summed E-state index contributed by atoms with van der Waals surface area (Å²) >= 11 is 6.41. The maximum atomic E-state index is 12.7. The lowest BCUT2D eigenvalue weighted by molar-refractivity contribution is -0.117. The van der Waals surface area contributed by atoms with E-state index in [9.17, 15) is 9.59 Å². The van der Waals surface area contributed by atoms with Crippen LogP contribution in [0.15, 0.2) is 60.7 Å². The van der Waals surface area contributed by atoms with Gasteiger partial charge in [0.1, 0.15) is 5.75 Å². The van der Waals surface area contributed by atoms with E-state index in [0.29, 0.717) is 46.5 Å². The standard InChI is InChI=1S/C25H23ClN2O4/c1-15-5-3-8-21(31-2)24(15)32-22-12-16(9-10-20(22)26)18-13-23(29)28(14-18)19-7-4-6-17(11-19)25(27)30/h3-12,18H,13-14H2,1-2H3,(H2,27,30)/t18-/m0/s1. The van der Waals surface area contributed by atoms with Crippen LogP contribution in [-0.4, -0.2) is 25.5 Å². The van der Waals surface area contributed by atoms with Crippen LogP contribution in [0, 0.1) is 6.92 Å². The second-order valence-corrected chi connectivity index (χ2v) is 8.13. The number of methoxy groups -OCH3 is 1. The first-order valence-corrected chi connectivity index (χ1v) is 10.6. The van der Waals surface area contributed by atoms with Crippen LogP contribution in [0.25, 0.3) is 0 Å². The van der Waals surface area contributed by atoms with Crippen LogP contribution in [0.2, 0.25) is 5.02 Å². The number of ether oxygens (including phenoxy) is 2. The molecule has 0 radical (unpaired) electrons. The predicted octanol–water partition coefficient (Wildman–Crippen LogP) is 5.07. The van der Waals surface area contributed by atoms with E-state index in [1.165, 1.54) is 0 Å². The first-order valence-electron chi connectivity index (χ1n) is 10.2. The van der Waals surface area contributed by atoms with Gasteiger partial charge in [0.2, 0.25) is 11.8 Å². The minimum absolute atomic E-state index is 0.0189. The molecule has 3 aromatic carbocycles. The van der Waals surface area contributed by atoms with Crippen molar-refractivity contribution in [1.82, 2.24) is 0 Å². The summed E-state index contributed by atoms with van der Waals surface area (Å²) in [5.74, 6) is 1.12. The van der Waals surface area contributed by atoms with Gasteiger partial charge in [-0.15, -0.1) is 0 Å². The minimum atomic E-state index is -0.527. The molecule has 1 atom stereocenters. The maximum Gasteiger partial charge on any atom is 0.248 e. The molecule has 164 valence electrons. The Balaban J connectivity index is 1.60. The summed E-state index contributed by atoms with van der Waals surface area (Å²) in [6.07, 6.45) is 0.343. The number of halogens is 1. The Morgan fingerprint density at radius 2 is 1.88 bits per heavy atom. The zero-order chi connectivity index (χ0) is 22.8. The molecule has 0 saturated carbocycles. The third kappa shape index (κ3) is 4.27. The van der Waals surface area contributed by atoms with Crippen LogP contribution in [0.3, 0.4) is 0 Å². The number of carbonyl (C=O) groups is 2. The molecule has 32 heavy (non-hydrogen) atoms. The molecular weight excluding hydrogens is 428 g/mol. The molecule has 2 amide bonds. The van der Waals surface area contributed by atoms with E-state index in [4.69, 9.17) is 26.8 Å². The van der Waals surface area contributed by atoms with Crippen molar-refractivity contribution in [3.05, 3.63) is 82.4 Å². The molecule has 6 nitrogen and oxygen atoms in total. The van der Waals surface area contributed by atoms with E-state index in [0.717, 1.165) is 11.1 Å². The number of nitrogens with two attached hydrogens (primary N) is 1. The molecule has 0 aromatic heterocycles. The third-order valence-electron chi connectivity index (χ3n) is 5.60. The lowest BCUT2D eigenvalue weighted by Crippen LogP contribution is -2.24. The number of carbonyl (C=O) groups excluding carboxylic acids is 2. The molecular formula is C25H23ClN2O4. The SMILES string of the molecule is COc1cccc(C)c1Oc1cc([C@H]2CC(=O)N(c3cccc(C(N)=O)c3)C2)ccc1Cl. The van der Waals surface area contributed by atoms with Crippen LogP contribution in [-0.2, 0) is 4.79 Å². The van der Waals surface area contributed by atoms with Gasteiger partial charge in [0.25, 0.3) is 0 Å². The second kappa shape index (κ2) is 8.93. The molecule has 1 heterocycles. The van der Waals surface area contributed by atoms with Crippen LogP contribution in [0.1, 0.15) is 33.8 Å². The Kier molecular flexibility index (Phi) is 6.06. The lowest BCUT2D eigenvalue weighted by atomic mass is 9.98. The molecule has 2 N–H and O–H groups in total. The maximum absolute atomic E-state index is 12.7. The molecule has 0 aliphatic carbocycles. The van der Waals surface area contributed by atoms with Crippen LogP contribution in [0.5, 0.6) is 17.2 Å². The van der Waals surface area contributed by atoms with Crippen molar-refractivity contribution >= 4 is 29.1 Å². The first kappa shape index (κ1) is 21.7. The molecule has 1 aliphatic heterocycles. The van der Waals surface area contributed by atoms with Crippen molar-refractivity contribution in [3.8, 4) is 17.2 Å². The van der Waals surface area contributed by atoms with Gasteiger partial charge in [-0.2, -0.15) is 0 Å². The van der Waals surface area contributed by atoms with Gasteiger partial charge in [0.15, 0.2) is 11.5 Å². The smallest absolute Gasteiger partial charge is 0.248 e. The van der Waals surface area contributed by atoms with Crippen molar-refractivity contribution in [2.24, 2.45) is 5.73 Å². The minimum Gasteiger partial charge on any atom is -0.493 e. The van der Waals surface area contributed by atoms with Gasteiger partial charge >= 0.3 is 0 Å². The van der Waals surface area contributed by atoms with Crippen molar-refractivity contribution in [2.45, 2.75) is 19.3 Å². The molecule has 0 bridgehead atoms. The number of hydrogen-bond donors (Lipinski definition) is 1. The normalized spacial score (nSPS) is 15.7. The number of amides is 2. The highest BCUT2D eigenvalue weighted by Crippen LogP contribution is 2.40. The topological polar surface area (TPSA) is 81.9 Å². The highest BCUT2D eigenvalue weighted by Gasteiger charge is 2.32. The number of benzene rings is 3. The predicted molar refractivity (Wildman–Crippen MR) is 124 cm³/mol. The number of aryl methyl sites for hydroxylation is 1. The number of hydrogen-bond acceptors (Lipinski definition) is 4. The Labute approximate surface area is 191 Å². The zero-order valence-electron chi connectivity index (χ0n) is 17.8. The van der Waals surface area contributed by atoms with Gasteiger partial charge in [0.05, 0.1) is 12.1 Å². The fourth-order valence-electron chi connectivity index (χ4n) is 3.89. The molecule has 3 aromatic rings. The van der Waals surface area contributed by atoms with Gasteiger partial charge in [-0.25, -0.2) is 0 Å². The fraction of sp³-hybridized carbons (Fsp3) is 0.200. The zero-order valence-corrected chi connectivity index (χ0v) is 18.6. The Morgan fingerprint density at radius 1 is 1.09 bits per heavy atom. The van der Waals surface area contributed by atoms with E-state index in [2.05, 4.69) is 0 Å². The molecule has 0 unspecified atom stereocenters. The summed E-state index contributed by atoms with van der Waals surface area (Å²) in [7, 11) is 1.59. The number of rotatable bonds is 6.